The zero-order valence-corrected chi connectivity index (χ0v) is 10.4. The minimum atomic E-state index is 0.519. The smallest absolute Gasteiger partial charge is 0.257 e. The second kappa shape index (κ2) is 4.23. The summed E-state index contributed by atoms with van der Waals surface area (Å²) in [5.74, 6) is 1.06. The number of thiophene rings is 1. The van der Waals surface area contributed by atoms with Crippen LogP contribution in [0.5, 0.6) is 0 Å². The van der Waals surface area contributed by atoms with Gasteiger partial charge in [-0.1, -0.05) is 0 Å². The van der Waals surface area contributed by atoms with Gasteiger partial charge in [0.2, 0.25) is 6.39 Å². The van der Waals surface area contributed by atoms with Crippen LogP contribution in [-0.2, 0) is 0 Å². The van der Waals surface area contributed by atoms with Crippen LogP contribution in [-0.4, -0.2) is 15.2 Å². The van der Waals surface area contributed by atoms with Crippen LogP contribution in [0.4, 0.5) is 5.82 Å². The zero-order chi connectivity index (χ0) is 12.5. The number of anilines is 1. The number of hydrogen-bond acceptors (Lipinski definition) is 6. The second-order valence-corrected chi connectivity index (χ2v) is 4.89. The van der Waals surface area contributed by atoms with Crippen LogP contribution in [0.2, 0.25) is 0 Å². The Labute approximate surface area is 107 Å². The molecule has 0 saturated heterocycles. The van der Waals surface area contributed by atoms with Crippen LogP contribution in [0.15, 0.2) is 35.2 Å². The molecule has 0 bridgehead atoms. The van der Waals surface area contributed by atoms with Gasteiger partial charge in [0, 0.05) is 16.6 Å². The third-order valence-corrected chi connectivity index (χ3v) is 3.81. The van der Waals surface area contributed by atoms with Crippen LogP contribution in [0, 0.1) is 6.92 Å². The first-order chi connectivity index (χ1) is 8.74. The lowest BCUT2D eigenvalue weighted by molar-refractivity contribution is 0.570. The molecule has 6 heteroatoms. The van der Waals surface area contributed by atoms with E-state index in [-0.39, 0.29) is 0 Å². The summed E-state index contributed by atoms with van der Waals surface area (Å²) in [5.41, 5.74) is 7.78. The summed E-state index contributed by atoms with van der Waals surface area (Å²) in [6.07, 6.45) is 3.10. The van der Waals surface area contributed by atoms with Crippen LogP contribution >= 0.6 is 11.3 Å². The van der Waals surface area contributed by atoms with E-state index < -0.39 is 0 Å². The molecule has 0 aliphatic carbocycles. The summed E-state index contributed by atoms with van der Waals surface area (Å²) in [6, 6.07) is 5.78. The number of nitrogens with two attached hydrogens (primary N) is 1. The molecule has 0 aromatic carbocycles. The minimum Gasteiger partial charge on any atom is -0.423 e. The highest BCUT2D eigenvalue weighted by molar-refractivity contribution is 7.19. The summed E-state index contributed by atoms with van der Waals surface area (Å²) in [7, 11) is 0. The molecule has 3 aromatic heterocycles. The lowest BCUT2D eigenvalue weighted by Gasteiger charge is -1.99. The van der Waals surface area contributed by atoms with Gasteiger partial charge in [-0.05, 0) is 30.7 Å². The van der Waals surface area contributed by atoms with Crippen LogP contribution in [0.3, 0.4) is 0 Å². The van der Waals surface area contributed by atoms with Crippen molar-refractivity contribution in [3.8, 4) is 21.2 Å². The van der Waals surface area contributed by atoms with E-state index >= 15 is 0 Å². The van der Waals surface area contributed by atoms with E-state index in [4.69, 9.17) is 10.2 Å². The van der Waals surface area contributed by atoms with E-state index in [2.05, 4.69) is 15.2 Å². The molecule has 0 amide bonds. The molecule has 0 spiro atoms. The van der Waals surface area contributed by atoms with Crippen LogP contribution in [0.1, 0.15) is 5.56 Å². The molecule has 0 atom stereocenters. The number of aromatic nitrogens is 3. The molecule has 0 radical (unpaired) electrons. The van der Waals surface area contributed by atoms with Crippen molar-refractivity contribution in [1.82, 2.24) is 15.2 Å². The molecule has 0 unspecified atom stereocenters. The first-order valence-electron chi connectivity index (χ1n) is 5.33. The van der Waals surface area contributed by atoms with Crippen molar-refractivity contribution in [2.45, 2.75) is 6.92 Å². The highest BCUT2D eigenvalue weighted by Gasteiger charge is 2.12. The molecular formula is C12H10N4OS. The van der Waals surface area contributed by atoms with Gasteiger partial charge in [-0.2, -0.15) is 0 Å². The Balaban J connectivity index is 2.06. The van der Waals surface area contributed by atoms with E-state index in [1.165, 1.54) is 6.39 Å². The van der Waals surface area contributed by atoms with Gasteiger partial charge in [0.05, 0.1) is 4.88 Å². The summed E-state index contributed by atoms with van der Waals surface area (Å²) in [4.78, 5) is 6.19. The monoisotopic (exact) mass is 258 g/mol. The predicted octanol–water partition coefficient (Wildman–Crippen LogP) is 2.75. The van der Waals surface area contributed by atoms with E-state index in [1.807, 2.05) is 19.1 Å². The van der Waals surface area contributed by atoms with Crippen molar-refractivity contribution >= 4 is 17.2 Å². The Morgan fingerprint density at radius 1 is 1.33 bits per heavy atom. The summed E-state index contributed by atoms with van der Waals surface area (Å²) in [6.45, 7) is 2.04. The van der Waals surface area contributed by atoms with E-state index in [0.717, 1.165) is 20.9 Å². The van der Waals surface area contributed by atoms with Gasteiger partial charge < -0.3 is 10.2 Å². The molecule has 0 aliphatic rings. The van der Waals surface area contributed by atoms with Gasteiger partial charge in [0.1, 0.15) is 5.82 Å². The fourth-order valence-electron chi connectivity index (χ4n) is 1.69. The van der Waals surface area contributed by atoms with Crippen molar-refractivity contribution in [1.29, 1.82) is 0 Å². The Bertz CT molecular complexity index is 658. The van der Waals surface area contributed by atoms with E-state index in [9.17, 15) is 0 Å². The molecule has 3 aromatic rings. The number of nitrogens with zero attached hydrogens (tertiary/aromatic N) is 3. The molecule has 5 nitrogen and oxygen atoms in total. The van der Waals surface area contributed by atoms with Gasteiger partial charge in [-0.3, -0.25) is 0 Å². The molecule has 2 N–H and O–H groups in total. The zero-order valence-electron chi connectivity index (χ0n) is 9.62. The average Bonchev–Trinajstić information content (AvgIpc) is 2.99. The molecular weight excluding hydrogens is 248 g/mol. The predicted molar refractivity (Wildman–Crippen MR) is 70.0 cm³/mol. The minimum absolute atomic E-state index is 0.519. The first-order valence-corrected chi connectivity index (χ1v) is 6.14. The summed E-state index contributed by atoms with van der Waals surface area (Å²) >= 11 is 1.60. The average molecular weight is 258 g/mol. The highest BCUT2D eigenvalue weighted by atomic mass is 32.1. The fraction of sp³-hybridized carbons (Fsp3) is 0.0833. The van der Waals surface area contributed by atoms with Gasteiger partial charge >= 0.3 is 0 Å². The number of rotatable bonds is 2. The molecule has 0 saturated carbocycles. The van der Waals surface area contributed by atoms with Crippen molar-refractivity contribution in [2.24, 2.45) is 0 Å². The molecule has 3 rings (SSSR count). The summed E-state index contributed by atoms with van der Waals surface area (Å²) < 4.78 is 5.20. The van der Waals surface area contributed by atoms with Crippen molar-refractivity contribution in [3.63, 3.8) is 0 Å². The fourth-order valence-corrected chi connectivity index (χ4v) is 2.78. The van der Waals surface area contributed by atoms with Crippen molar-refractivity contribution < 1.29 is 4.42 Å². The first kappa shape index (κ1) is 10.9. The SMILES string of the molecule is Cc1cc(-c2nnco2)sc1-c1ccc(N)nc1. The molecule has 0 fully saturated rings. The topological polar surface area (TPSA) is 77.8 Å². The maximum Gasteiger partial charge on any atom is 0.257 e. The normalized spacial score (nSPS) is 10.7. The molecule has 18 heavy (non-hydrogen) atoms. The highest BCUT2D eigenvalue weighted by Crippen LogP contribution is 2.36. The maximum atomic E-state index is 5.58. The van der Waals surface area contributed by atoms with Crippen molar-refractivity contribution in [2.75, 3.05) is 5.73 Å². The molecule has 90 valence electrons. The summed E-state index contributed by atoms with van der Waals surface area (Å²) in [5, 5.41) is 7.59. The van der Waals surface area contributed by atoms with Gasteiger partial charge in [0.25, 0.3) is 5.89 Å². The third kappa shape index (κ3) is 1.86. The quantitative estimate of drug-likeness (QED) is 0.764. The number of nitrogen functional groups attached to an aromatic ring is 1. The molecule has 3 heterocycles. The standard InChI is InChI=1S/C12H10N4OS/c1-7-4-9(12-16-15-6-17-12)18-11(7)8-2-3-10(13)14-5-8/h2-6H,1H3,(H2,13,14). The largest absolute Gasteiger partial charge is 0.423 e. The van der Waals surface area contributed by atoms with Gasteiger partial charge in [-0.25, -0.2) is 4.98 Å². The Morgan fingerprint density at radius 2 is 2.22 bits per heavy atom. The number of pyridine rings is 1. The third-order valence-electron chi connectivity index (χ3n) is 2.54. The lowest BCUT2D eigenvalue weighted by atomic mass is 10.1. The number of aryl methyl sites for hydroxylation is 1. The van der Waals surface area contributed by atoms with E-state index in [0.29, 0.717) is 11.7 Å². The second-order valence-electron chi connectivity index (χ2n) is 3.84. The number of hydrogen-bond donors (Lipinski definition) is 1. The molecule has 0 aliphatic heterocycles. The van der Waals surface area contributed by atoms with Crippen molar-refractivity contribution in [3.05, 3.63) is 36.4 Å². The van der Waals surface area contributed by atoms with Crippen LogP contribution in [0.25, 0.3) is 21.2 Å². The Hall–Kier alpha value is -2.21. The van der Waals surface area contributed by atoms with Gasteiger partial charge in [0.15, 0.2) is 0 Å². The Kier molecular flexibility index (Phi) is 2.56. The van der Waals surface area contributed by atoms with Crippen LogP contribution < -0.4 is 5.73 Å². The maximum absolute atomic E-state index is 5.58. The van der Waals surface area contributed by atoms with E-state index in [1.54, 1.807) is 23.6 Å². The Morgan fingerprint density at radius 3 is 2.89 bits per heavy atom. The lowest BCUT2D eigenvalue weighted by Crippen LogP contribution is -1.88. The van der Waals surface area contributed by atoms with Gasteiger partial charge in [-0.15, -0.1) is 21.5 Å².